The topological polar surface area (TPSA) is 35.8 Å². The van der Waals surface area contributed by atoms with Crippen LogP contribution in [0.15, 0.2) is 78.4 Å². The standard InChI is InChI=1S/C19H13F3N2/c20-19(21,22)16-11-12-18(13-23,15-9-5-2-6-10-15)24-17(16)14-7-3-1-4-8-14/h1-12,24H. The van der Waals surface area contributed by atoms with E-state index in [9.17, 15) is 18.4 Å². The third kappa shape index (κ3) is 2.79. The van der Waals surface area contributed by atoms with Crippen LogP contribution in [0.3, 0.4) is 0 Å². The average Bonchev–Trinajstić information content (AvgIpc) is 2.62. The largest absolute Gasteiger partial charge is 0.418 e. The molecule has 1 unspecified atom stereocenters. The van der Waals surface area contributed by atoms with Crippen molar-refractivity contribution in [2.24, 2.45) is 0 Å². The molecule has 1 N–H and O–H groups in total. The maximum Gasteiger partial charge on any atom is 0.418 e. The lowest BCUT2D eigenvalue weighted by atomic mass is 9.85. The van der Waals surface area contributed by atoms with Gasteiger partial charge in [-0.25, -0.2) is 0 Å². The number of halogens is 3. The van der Waals surface area contributed by atoms with Crippen molar-refractivity contribution in [3.05, 3.63) is 89.5 Å². The Kier molecular flexibility index (Phi) is 3.90. The molecular weight excluding hydrogens is 313 g/mol. The van der Waals surface area contributed by atoms with E-state index >= 15 is 0 Å². The van der Waals surface area contributed by atoms with Crippen molar-refractivity contribution >= 4 is 5.70 Å². The third-order valence-corrected chi connectivity index (χ3v) is 3.86. The molecule has 120 valence electrons. The van der Waals surface area contributed by atoms with E-state index in [1.807, 2.05) is 0 Å². The quantitative estimate of drug-likeness (QED) is 0.879. The number of nitrogens with zero attached hydrogens (tertiary/aromatic N) is 1. The van der Waals surface area contributed by atoms with Gasteiger partial charge in [-0.2, -0.15) is 18.4 Å². The Labute approximate surface area is 137 Å². The van der Waals surface area contributed by atoms with Crippen molar-refractivity contribution in [1.82, 2.24) is 5.32 Å². The lowest BCUT2D eigenvalue weighted by Gasteiger charge is -2.33. The van der Waals surface area contributed by atoms with Crippen LogP contribution in [0.4, 0.5) is 13.2 Å². The van der Waals surface area contributed by atoms with E-state index in [0.717, 1.165) is 6.08 Å². The normalized spacial score (nSPS) is 20.4. The number of benzene rings is 2. The van der Waals surface area contributed by atoms with Gasteiger partial charge < -0.3 is 5.32 Å². The average molecular weight is 326 g/mol. The first-order valence-corrected chi connectivity index (χ1v) is 7.27. The predicted molar refractivity (Wildman–Crippen MR) is 85.4 cm³/mol. The summed E-state index contributed by atoms with van der Waals surface area (Å²) in [5.41, 5.74) is -1.28. The van der Waals surface area contributed by atoms with Gasteiger partial charge in [0.25, 0.3) is 0 Å². The molecule has 0 saturated heterocycles. The molecule has 0 spiro atoms. The minimum atomic E-state index is -4.52. The van der Waals surface area contributed by atoms with E-state index < -0.39 is 17.3 Å². The summed E-state index contributed by atoms with van der Waals surface area (Å²) in [7, 11) is 0. The summed E-state index contributed by atoms with van der Waals surface area (Å²) in [6.45, 7) is 0. The Balaban J connectivity index is 2.16. The number of alkyl halides is 3. The first-order valence-electron chi connectivity index (χ1n) is 7.27. The fraction of sp³-hybridized carbons (Fsp3) is 0.105. The van der Waals surface area contributed by atoms with E-state index in [1.54, 1.807) is 60.7 Å². The van der Waals surface area contributed by atoms with Crippen molar-refractivity contribution < 1.29 is 13.2 Å². The van der Waals surface area contributed by atoms with Gasteiger partial charge in [-0.05, 0) is 23.3 Å². The molecule has 2 aromatic carbocycles. The summed E-state index contributed by atoms with van der Waals surface area (Å²) in [6.07, 6.45) is -2.28. The molecule has 0 aromatic heterocycles. The maximum absolute atomic E-state index is 13.4. The van der Waals surface area contributed by atoms with Crippen LogP contribution in [-0.2, 0) is 5.54 Å². The van der Waals surface area contributed by atoms with E-state index in [2.05, 4.69) is 11.4 Å². The van der Waals surface area contributed by atoms with E-state index in [1.165, 1.54) is 6.08 Å². The Hall–Kier alpha value is -3.00. The number of nitriles is 1. The summed E-state index contributed by atoms with van der Waals surface area (Å²) in [5, 5.41) is 12.5. The second kappa shape index (κ2) is 5.89. The zero-order chi connectivity index (χ0) is 17.2. The molecule has 0 aliphatic carbocycles. The highest BCUT2D eigenvalue weighted by Gasteiger charge is 2.42. The molecule has 0 amide bonds. The summed E-state index contributed by atoms with van der Waals surface area (Å²) < 4.78 is 40.2. The molecule has 1 atom stereocenters. The molecule has 0 radical (unpaired) electrons. The van der Waals surface area contributed by atoms with Gasteiger partial charge in [0, 0.05) is 0 Å². The molecule has 0 bridgehead atoms. The molecule has 3 rings (SSSR count). The Bertz CT molecular complexity index is 830. The van der Waals surface area contributed by atoms with Crippen LogP contribution in [0.2, 0.25) is 0 Å². The van der Waals surface area contributed by atoms with Gasteiger partial charge in [-0.3, -0.25) is 0 Å². The molecule has 1 aliphatic rings. The lowest BCUT2D eigenvalue weighted by Crippen LogP contribution is -2.41. The van der Waals surface area contributed by atoms with Gasteiger partial charge in [-0.15, -0.1) is 0 Å². The van der Waals surface area contributed by atoms with Crippen LogP contribution >= 0.6 is 0 Å². The Morgan fingerprint density at radius 3 is 2.04 bits per heavy atom. The third-order valence-electron chi connectivity index (χ3n) is 3.86. The molecule has 0 saturated carbocycles. The van der Waals surface area contributed by atoms with Gasteiger partial charge in [0.1, 0.15) is 6.07 Å². The molecule has 1 heterocycles. The SMILES string of the molecule is N#CC1(c2ccccc2)C=CC(C(F)(F)F)=C(c2ccccc2)N1. The summed E-state index contributed by atoms with van der Waals surface area (Å²) in [4.78, 5) is 0. The van der Waals surface area contributed by atoms with Crippen LogP contribution in [0, 0.1) is 11.3 Å². The Morgan fingerprint density at radius 2 is 1.50 bits per heavy atom. The molecule has 5 heteroatoms. The van der Waals surface area contributed by atoms with Gasteiger partial charge in [0.2, 0.25) is 0 Å². The first kappa shape index (κ1) is 15.9. The van der Waals surface area contributed by atoms with Gasteiger partial charge in [-0.1, -0.05) is 60.7 Å². The number of dihydropyridines is 1. The molecule has 24 heavy (non-hydrogen) atoms. The minimum Gasteiger partial charge on any atom is -0.360 e. The molecule has 2 nitrogen and oxygen atoms in total. The van der Waals surface area contributed by atoms with E-state index in [4.69, 9.17) is 0 Å². The monoisotopic (exact) mass is 326 g/mol. The highest BCUT2D eigenvalue weighted by Crippen LogP contribution is 2.39. The zero-order valence-electron chi connectivity index (χ0n) is 12.5. The predicted octanol–water partition coefficient (Wildman–Crippen LogP) is 4.54. The maximum atomic E-state index is 13.4. The molecular formula is C19H13F3N2. The lowest BCUT2D eigenvalue weighted by molar-refractivity contribution is -0.0881. The van der Waals surface area contributed by atoms with E-state index in [-0.39, 0.29) is 5.70 Å². The van der Waals surface area contributed by atoms with Crippen molar-refractivity contribution in [2.45, 2.75) is 11.7 Å². The molecule has 2 aromatic rings. The Morgan fingerprint density at radius 1 is 0.917 bits per heavy atom. The second-order valence-corrected chi connectivity index (χ2v) is 5.40. The fourth-order valence-corrected chi connectivity index (χ4v) is 2.67. The number of nitrogens with one attached hydrogen (secondary N) is 1. The minimum absolute atomic E-state index is 0.101. The van der Waals surface area contributed by atoms with Crippen LogP contribution < -0.4 is 5.32 Å². The van der Waals surface area contributed by atoms with Gasteiger partial charge >= 0.3 is 6.18 Å². The molecule has 0 fully saturated rings. The van der Waals surface area contributed by atoms with Crippen LogP contribution in [0.1, 0.15) is 11.1 Å². The van der Waals surface area contributed by atoms with Crippen molar-refractivity contribution in [1.29, 1.82) is 5.26 Å². The number of hydrogen-bond donors (Lipinski definition) is 1. The summed E-state index contributed by atoms with van der Waals surface area (Å²) in [5.74, 6) is 0. The van der Waals surface area contributed by atoms with Crippen LogP contribution in [-0.4, -0.2) is 6.18 Å². The molecule has 1 aliphatic heterocycles. The van der Waals surface area contributed by atoms with Crippen molar-refractivity contribution in [3.8, 4) is 6.07 Å². The number of rotatable bonds is 2. The summed E-state index contributed by atoms with van der Waals surface area (Å²) >= 11 is 0. The van der Waals surface area contributed by atoms with Gasteiger partial charge in [0.05, 0.1) is 11.3 Å². The van der Waals surface area contributed by atoms with Gasteiger partial charge in [0.15, 0.2) is 5.54 Å². The second-order valence-electron chi connectivity index (χ2n) is 5.40. The number of allylic oxidation sites excluding steroid dienone is 2. The fourth-order valence-electron chi connectivity index (χ4n) is 2.67. The first-order chi connectivity index (χ1) is 11.5. The zero-order valence-corrected chi connectivity index (χ0v) is 12.5. The highest BCUT2D eigenvalue weighted by atomic mass is 19.4. The highest BCUT2D eigenvalue weighted by molar-refractivity contribution is 5.74. The van der Waals surface area contributed by atoms with E-state index in [0.29, 0.717) is 11.1 Å². The van der Waals surface area contributed by atoms with Crippen molar-refractivity contribution in [3.63, 3.8) is 0 Å². The number of hydrogen-bond acceptors (Lipinski definition) is 2. The van der Waals surface area contributed by atoms with Crippen LogP contribution in [0.25, 0.3) is 5.70 Å². The van der Waals surface area contributed by atoms with Crippen molar-refractivity contribution in [2.75, 3.05) is 0 Å². The smallest absolute Gasteiger partial charge is 0.360 e. The summed E-state index contributed by atoms with van der Waals surface area (Å²) in [6, 6.07) is 19.0. The van der Waals surface area contributed by atoms with Crippen LogP contribution in [0.5, 0.6) is 0 Å².